The van der Waals surface area contributed by atoms with E-state index in [1.54, 1.807) is 28.4 Å². The van der Waals surface area contributed by atoms with Crippen LogP contribution in [-0.4, -0.2) is 111 Å². The van der Waals surface area contributed by atoms with E-state index in [4.69, 9.17) is 23.7 Å². The Morgan fingerprint density at radius 1 is 1.10 bits per heavy atom. The Morgan fingerprint density at radius 3 is 2.44 bits per heavy atom. The molecule has 0 aromatic heterocycles. The number of hydrogen-bond acceptors (Lipinski definition) is 9. The largest absolute Gasteiger partial charge is 0.461 e. The first-order chi connectivity index (χ1) is 18.6. The highest BCUT2D eigenvalue weighted by Gasteiger charge is 2.91. The molecule has 6 rings (SSSR count). The van der Waals surface area contributed by atoms with Gasteiger partial charge >= 0.3 is 5.97 Å². The summed E-state index contributed by atoms with van der Waals surface area (Å²) in [6, 6.07) is -0.355. The molecule has 9 nitrogen and oxygen atoms in total. The standard InChI is InChI=1S/C30H49NO8/c1-8-16(3)25(32)39-22-17-12-18-21(22)28(33,13-19(17)36-5)30(34)24(38-7)23-27(15-35-4)11-10-20(37-6)29(18,23)26(30)31(9-2)14-27/h16-24,26,33-34H,8-15H2,1-7H3/t16-,17+,18+,19-,20-,21+,22-,23+,24-,26?,27-,28+,29-,30+/m0/s1. The fourth-order valence-corrected chi connectivity index (χ4v) is 11.5. The van der Waals surface area contributed by atoms with Gasteiger partial charge in [0.15, 0.2) is 0 Å². The van der Waals surface area contributed by atoms with Gasteiger partial charge in [-0.05, 0) is 38.1 Å². The molecule has 0 aromatic carbocycles. The van der Waals surface area contributed by atoms with E-state index in [0.29, 0.717) is 13.0 Å². The average molecular weight is 552 g/mol. The summed E-state index contributed by atoms with van der Waals surface area (Å²) in [6.07, 6.45) is 1.85. The minimum Gasteiger partial charge on any atom is -0.461 e. The third kappa shape index (κ3) is 3.08. The molecule has 9 heteroatoms. The second-order valence-electron chi connectivity index (χ2n) is 13.6. The number of carbonyl (C=O) groups is 1. The summed E-state index contributed by atoms with van der Waals surface area (Å²) >= 11 is 0. The molecule has 1 unspecified atom stereocenters. The lowest BCUT2D eigenvalue weighted by Crippen LogP contribution is -2.82. The molecular weight excluding hydrogens is 502 g/mol. The molecule has 1 spiro atoms. The van der Waals surface area contributed by atoms with Crippen LogP contribution in [0.5, 0.6) is 0 Å². The summed E-state index contributed by atoms with van der Waals surface area (Å²) in [6.45, 7) is 8.07. The van der Waals surface area contributed by atoms with E-state index in [9.17, 15) is 15.0 Å². The van der Waals surface area contributed by atoms with Crippen molar-refractivity contribution in [1.82, 2.24) is 4.90 Å². The van der Waals surface area contributed by atoms with Gasteiger partial charge in [0, 0.05) is 70.0 Å². The van der Waals surface area contributed by atoms with E-state index in [0.717, 1.165) is 32.4 Å². The van der Waals surface area contributed by atoms with E-state index < -0.39 is 34.7 Å². The molecule has 5 saturated carbocycles. The van der Waals surface area contributed by atoms with Crippen LogP contribution < -0.4 is 0 Å². The maximum Gasteiger partial charge on any atom is 0.308 e. The second kappa shape index (κ2) is 9.35. The summed E-state index contributed by atoms with van der Waals surface area (Å²) in [5, 5.41) is 26.4. The van der Waals surface area contributed by atoms with Crippen molar-refractivity contribution >= 4 is 5.97 Å². The third-order valence-electron chi connectivity index (χ3n) is 12.7. The number of aliphatic hydroxyl groups is 2. The van der Waals surface area contributed by atoms with Crippen LogP contribution in [0.25, 0.3) is 0 Å². The number of hydrogen-bond donors (Lipinski definition) is 2. The van der Waals surface area contributed by atoms with Gasteiger partial charge in [-0.15, -0.1) is 0 Å². The van der Waals surface area contributed by atoms with Gasteiger partial charge in [0.1, 0.15) is 17.3 Å². The first kappa shape index (κ1) is 28.3. The van der Waals surface area contributed by atoms with Crippen molar-refractivity contribution in [2.24, 2.45) is 40.4 Å². The summed E-state index contributed by atoms with van der Waals surface area (Å²) in [7, 11) is 6.87. The Kier molecular flexibility index (Phi) is 6.79. The predicted molar refractivity (Wildman–Crippen MR) is 142 cm³/mol. The lowest BCUT2D eigenvalue weighted by Gasteiger charge is -2.70. The van der Waals surface area contributed by atoms with Crippen LogP contribution in [0.2, 0.25) is 0 Å². The number of piperidine rings is 1. The van der Waals surface area contributed by atoms with Gasteiger partial charge in [0.25, 0.3) is 0 Å². The van der Waals surface area contributed by atoms with Crippen LogP contribution in [0.3, 0.4) is 0 Å². The number of nitrogens with zero attached hydrogens (tertiary/aromatic N) is 1. The second-order valence-corrected chi connectivity index (χ2v) is 13.6. The van der Waals surface area contributed by atoms with Crippen molar-refractivity contribution in [2.45, 2.75) is 94.5 Å². The molecule has 6 aliphatic rings. The molecule has 0 radical (unpaired) electrons. The lowest BCUT2D eigenvalue weighted by molar-refractivity contribution is -0.319. The van der Waals surface area contributed by atoms with Gasteiger partial charge in [-0.25, -0.2) is 0 Å². The molecule has 0 amide bonds. The number of fused-ring (bicyclic) bond motifs is 2. The molecule has 6 fully saturated rings. The van der Waals surface area contributed by atoms with Gasteiger partial charge in [-0.2, -0.15) is 0 Å². The zero-order valence-electron chi connectivity index (χ0n) is 24.7. The van der Waals surface area contributed by atoms with Crippen LogP contribution in [-0.2, 0) is 28.5 Å². The fraction of sp³-hybridized carbons (Fsp3) is 0.967. The van der Waals surface area contributed by atoms with Crippen molar-refractivity contribution in [3.8, 4) is 0 Å². The van der Waals surface area contributed by atoms with Gasteiger partial charge in [-0.3, -0.25) is 9.69 Å². The van der Waals surface area contributed by atoms with Crippen LogP contribution in [0, 0.1) is 40.4 Å². The van der Waals surface area contributed by atoms with Gasteiger partial charge < -0.3 is 33.9 Å². The molecule has 0 aromatic rings. The van der Waals surface area contributed by atoms with Crippen LogP contribution >= 0.6 is 0 Å². The topological polar surface area (TPSA) is 107 Å². The monoisotopic (exact) mass is 551 g/mol. The van der Waals surface area contributed by atoms with E-state index in [1.165, 1.54) is 0 Å². The molecule has 1 saturated heterocycles. The van der Waals surface area contributed by atoms with E-state index in [-0.39, 0.29) is 59.7 Å². The molecule has 7 bridgehead atoms. The first-order valence-corrected chi connectivity index (χ1v) is 15.1. The third-order valence-corrected chi connectivity index (χ3v) is 12.7. The van der Waals surface area contributed by atoms with Crippen LogP contribution in [0.15, 0.2) is 0 Å². The Balaban J connectivity index is 1.61. The minimum absolute atomic E-state index is 0.0337. The molecule has 1 aliphatic heterocycles. The Morgan fingerprint density at radius 2 is 1.85 bits per heavy atom. The number of ether oxygens (including phenoxy) is 5. The Bertz CT molecular complexity index is 981. The van der Waals surface area contributed by atoms with Gasteiger partial charge in [0.2, 0.25) is 0 Å². The number of carbonyl (C=O) groups excluding carboxylic acids is 1. The maximum atomic E-state index is 13.3. The molecule has 2 N–H and O–H groups in total. The Hall–Kier alpha value is -0.810. The number of esters is 1. The zero-order chi connectivity index (χ0) is 28.1. The van der Waals surface area contributed by atoms with E-state index in [2.05, 4.69) is 11.8 Å². The number of likely N-dealkylation sites (N-methyl/N-ethyl adjacent to an activating group) is 1. The molecule has 222 valence electrons. The van der Waals surface area contributed by atoms with E-state index in [1.807, 2.05) is 13.8 Å². The maximum absolute atomic E-state index is 13.3. The SMILES string of the molecule is CC[C@H](C)C(=O)O[C@H]1[C@@H]2C[C@@H]3[C@H]1[C@](O)(C[C@@H]2OC)[C@]1(O)C2N(CC)C[C@]4(COC)CC[C@H](OC)[C@@]23[C@@H]4[C@@H]1OC. The summed E-state index contributed by atoms with van der Waals surface area (Å²) in [5.41, 5.74) is -3.91. The average Bonchev–Trinajstić information content (AvgIpc) is 3.32. The van der Waals surface area contributed by atoms with Crippen molar-refractivity contribution in [3.63, 3.8) is 0 Å². The summed E-state index contributed by atoms with van der Waals surface area (Å²) < 4.78 is 31.0. The highest BCUT2D eigenvalue weighted by Crippen LogP contribution is 2.80. The Labute approximate surface area is 232 Å². The van der Waals surface area contributed by atoms with Crippen molar-refractivity contribution in [2.75, 3.05) is 48.1 Å². The number of methoxy groups -OCH3 is 4. The van der Waals surface area contributed by atoms with Gasteiger partial charge in [0.05, 0.1) is 36.9 Å². The van der Waals surface area contributed by atoms with Crippen molar-refractivity contribution in [3.05, 3.63) is 0 Å². The molecule has 14 atom stereocenters. The normalized spacial score (nSPS) is 54.0. The molecule has 39 heavy (non-hydrogen) atoms. The first-order valence-electron chi connectivity index (χ1n) is 15.1. The summed E-state index contributed by atoms with van der Waals surface area (Å²) in [4.78, 5) is 15.6. The lowest BCUT2D eigenvalue weighted by atomic mass is 9.42. The smallest absolute Gasteiger partial charge is 0.308 e. The molecule has 5 aliphatic carbocycles. The predicted octanol–water partition coefficient (Wildman–Crippen LogP) is 1.87. The highest BCUT2D eigenvalue weighted by atomic mass is 16.6. The minimum atomic E-state index is -1.60. The summed E-state index contributed by atoms with van der Waals surface area (Å²) in [5.74, 6) is -1.07. The quantitative estimate of drug-likeness (QED) is 0.416. The van der Waals surface area contributed by atoms with Crippen LogP contribution in [0.4, 0.5) is 0 Å². The van der Waals surface area contributed by atoms with Gasteiger partial charge in [-0.1, -0.05) is 20.8 Å². The van der Waals surface area contributed by atoms with Crippen molar-refractivity contribution in [1.29, 1.82) is 0 Å². The number of likely N-dealkylation sites (tertiary alicyclic amines) is 1. The van der Waals surface area contributed by atoms with E-state index >= 15 is 0 Å². The van der Waals surface area contributed by atoms with Crippen molar-refractivity contribution < 1.29 is 38.7 Å². The highest BCUT2D eigenvalue weighted by molar-refractivity contribution is 5.72. The zero-order valence-corrected chi connectivity index (χ0v) is 24.7. The fourth-order valence-electron chi connectivity index (χ4n) is 11.5. The number of rotatable bonds is 9. The van der Waals surface area contributed by atoms with Crippen LogP contribution in [0.1, 0.15) is 52.9 Å². The molecular formula is C30H49NO8. The molecule has 1 heterocycles.